The standard InChI is InChI=1S/C10H15NS/c1-7(2)10(11-4)9-5-8(3)12-6-9/h5-6,10-11H,1H2,2-4H3. The summed E-state index contributed by atoms with van der Waals surface area (Å²) in [6.45, 7) is 8.13. The van der Waals surface area contributed by atoms with E-state index in [1.807, 2.05) is 14.0 Å². The van der Waals surface area contributed by atoms with Crippen molar-refractivity contribution >= 4 is 11.3 Å². The number of rotatable bonds is 3. The Hall–Kier alpha value is -0.600. The first-order chi connectivity index (χ1) is 5.65. The average molecular weight is 181 g/mol. The normalized spacial score (nSPS) is 12.9. The molecule has 0 aliphatic rings. The molecule has 1 rings (SSSR count). The predicted octanol–water partition coefficient (Wildman–Crippen LogP) is 2.89. The van der Waals surface area contributed by atoms with Gasteiger partial charge < -0.3 is 5.32 Å². The Labute approximate surface area is 78.1 Å². The fraction of sp³-hybridized carbons (Fsp3) is 0.400. The van der Waals surface area contributed by atoms with E-state index >= 15 is 0 Å². The molecule has 0 fully saturated rings. The fourth-order valence-electron chi connectivity index (χ4n) is 1.31. The molecular formula is C10H15NS. The lowest BCUT2D eigenvalue weighted by Crippen LogP contribution is -2.16. The van der Waals surface area contributed by atoms with E-state index in [9.17, 15) is 0 Å². The Balaban J connectivity index is 2.87. The zero-order valence-electron chi connectivity index (χ0n) is 7.85. The minimum atomic E-state index is 0.315. The smallest absolute Gasteiger partial charge is 0.0536 e. The summed E-state index contributed by atoms with van der Waals surface area (Å²) in [6.07, 6.45) is 0. The van der Waals surface area contributed by atoms with Gasteiger partial charge in [-0.1, -0.05) is 12.2 Å². The van der Waals surface area contributed by atoms with Gasteiger partial charge in [0, 0.05) is 4.88 Å². The molecule has 1 atom stereocenters. The van der Waals surface area contributed by atoms with Gasteiger partial charge in [0.15, 0.2) is 0 Å². The molecule has 0 spiro atoms. The Morgan fingerprint density at radius 1 is 1.67 bits per heavy atom. The summed E-state index contributed by atoms with van der Waals surface area (Å²) in [5.41, 5.74) is 2.49. The molecule has 1 aromatic heterocycles. The van der Waals surface area contributed by atoms with Gasteiger partial charge >= 0.3 is 0 Å². The highest BCUT2D eigenvalue weighted by Crippen LogP contribution is 2.24. The third-order valence-electron chi connectivity index (χ3n) is 1.87. The molecule has 0 radical (unpaired) electrons. The van der Waals surface area contributed by atoms with E-state index in [0.29, 0.717) is 6.04 Å². The number of nitrogens with one attached hydrogen (secondary N) is 1. The first-order valence-corrected chi connectivity index (χ1v) is 4.91. The largest absolute Gasteiger partial charge is 0.310 e. The van der Waals surface area contributed by atoms with E-state index < -0.39 is 0 Å². The van der Waals surface area contributed by atoms with Crippen LogP contribution < -0.4 is 5.32 Å². The van der Waals surface area contributed by atoms with Crippen LogP contribution in [0.5, 0.6) is 0 Å². The highest BCUT2D eigenvalue weighted by Gasteiger charge is 2.10. The Bertz CT molecular complexity index is 275. The molecule has 0 saturated carbocycles. The van der Waals surface area contributed by atoms with Crippen LogP contribution in [-0.2, 0) is 0 Å². The topological polar surface area (TPSA) is 12.0 Å². The molecule has 1 aromatic rings. The summed E-state index contributed by atoms with van der Waals surface area (Å²) in [6, 6.07) is 2.52. The second-order valence-corrected chi connectivity index (χ2v) is 4.17. The van der Waals surface area contributed by atoms with Gasteiger partial charge in [0.05, 0.1) is 6.04 Å². The third kappa shape index (κ3) is 1.96. The van der Waals surface area contributed by atoms with Crippen LogP contribution >= 0.6 is 11.3 Å². The van der Waals surface area contributed by atoms with E-state index in [1.165, 1.54) is 10.4 Å². The minimum absolute atomic E-state index is 0.315. The molecule has 1 heterocycles. The molecule has 1 unspecified atom stereocenters. The molecule has 0 aliphatic carbocycles. The summed E-state index contributed by atoms with van der Waals surface area (Å²) < 4.78 is 0. The molecule has 12 heavy (non-hydrogen) atoms. The van der Waals surface area contributed by atoms with E-state index in [1.54, 1.807) is 11.3 Å². The van der Waals surface area contributed by atoms with Crippen molar-refractivity contribution in [1.82, 2.24) is 5.32 Å². The van der Waals surface area contributed by atoms with Crippen molar-refractivity contribution < 1.29 is 0 Å². The van der Waals surface area contributed by atoms with Crippen molar-refractivity contribution in [1.29, 1.82) is 0 Å². The monoisotopic (exact) mass is 181 g/mol. The van der Waals surface area contributed by atoms with Crippen molar-refractivity contribution in [2.75, 3.05) is 7.05 Å². The lowest BCUT2D eigenvalue weighted by atomic mass is 10.0. The van der Waals surface area contributed by atoms with Crippen molar-refractivity contribution in [3.8, 4) is 0 Å². The van der Waals surface area contributed by atoms with E-state index in [4.69, 9.17) is 0 Å². The molecule has 0 aromatic carbocycles. The molecule has 1 nitrogen and oxygen atoms in total. The Morgan fingerprint density at radius 3 is 2.67 bits per heavy atom. The minimum Gasteiger partial charge on any atom is -0.310 e. The van der Waals surface area contributed by atoms with Gasteiger partial charge in [-0.15, -0.1) is 11.3 Å². The maximum absolute atomic E-state index is 3.95. The SMILES string of the molecule is C=C(C)C(NC)c1csc(C)c1. The van der Waals surface area contributed by atoms with Gasteiger partial charge in [-0.25, -0.2) is 0 Å². The summed E-state index contributed by atoms with van der Waals surface area (Å²) >= 11 is 1.78. The van der Waals surface area contributed by atoms with Crippen LogP contribution in [0.1, 0.15) is 23.4 Å². The molecule has 0 bridgehead atoms. The molecule has 0 aliphatic heterocycles. The van der Waals surface area contributed by atoms with Crippen molar-refractivity contribution in [2.24, 2.45) is 0 Å². The molecule has 2 heteroatoms. The highest BCUT2D eigenvalue weighted by molar-refractivity contribution is 7.10. The van der Waals surface area contributed by atoms with Crippen LogP contribution in [0.3, 0.4) is 0 Å². The van der Waals surface area contributed by atoms with E-state index in [-0.39, 0.29) is 0 Å². The van der Waals surface area contributed by atoms with Gasteiger partial charge in [0.25, 0.3) is 0 Å². The van der Waals surface area contributed by atoms with Crippen molar-refractivity contribution in [3.05, 3.63) is 34.0 Å². The lowest BCUT2D eigenvalue weighted by molar-refractivity contribution is 0.682. The summed E-state index contributed by atoms with van der Waals surface area (Å²) in [4.78, 5) is 1.35. The van der Waals surface area contributed by atoms with Crippen molar-refractivity contribution in [3.63, 3.8) is 0 Å². The van der Waals surface area contributed by atoms with Crippen LogP contribution in [0.25, 0.3) is 0 Å². The maximum atomic E-state index is 3.95. The van der Waals surface area contributed by atoms with Crippen LogP contribution in [0.4, 0.5) is 0 Å². The lowest BCUT2D eigenvalue weighted by Gasteiger charge is -2.14. The first-order valence-electron chi connectivity index (χ1n) is 4.03. The maximum Gasteiger partial charge on any atom is 0.0536 e. The quantitative estimate of drug-likeness (QED) is 0.707. The first kappa shape index (κ1) is 9.49. The van der Waals surface area contributed by atoms with Crippen LogP contribution in [-0.4, -0.2) is 7.05 Å². The van der Waals surface area contributed by atoms with E-state index in [0.717, 1.165) is 5.57 Å². The van der Waals surface area contributed by atoms with Gasteiger partial charge in [-0.3, -0.25) is 0 Å². The van der Waals surface area contributed by atoms with Crippen LogP contribution in [0.2, 0.25) is 0 Å². The van der Waals surface area contributed by atoms with Gasteiger partial charge in [0.2, 0.25) is 0 Å². The predicted molar refractivity (Wildman–Crippen MR) is 55.7 cm³/mol. The Morgan fingerprint density at radius 2 is 2.33 bits per heavy atom. The van der Waals surface area contributed by atoms with Gasteiger partial charge in [0.1, 0.15) is 0 Å². The number of likely N-dealkylation sites (N-methyl/N-ethyl adjacent to an activating group) is 1. The van der Waals surface area contributed by atoms with Gasteiger partial charge in [-0.05, 0) is 37.9 Å². The van der Waals surface area contributed by atoms with E-state index in [2.05, 4.69) is 30.3 Å². The zero-order valence-corrected chi connectivity index (χ0v) is 8.66. The molecule has 1 N–H and O–H groups in total. The molecule has 0 saturated heterocycles. The number of hydrogen-bond donors (Lipinski definition) is 1. The molecule has 0 amide bonds. The summed E-state index contributed by atoms with van der Waals surface area (Å²) in [7, 11) is 1.96. The zero-order chi connectivity index (χ0) is 9.14. The number of hydrogen-bond acceptors (Lipinski definition) is 2. The molecule has 66 valence electrons. The highest BCUT2D eigenvalue weighted by atomic mass is 32.1. The van der Waals surface area contributed by atoms with Crippen LogP contribution in [0.15, 0.2) is 23.6 Å². The Kier molecular flexibility index (Phi) is 3.06. The van der Waals surface area contributed by atoms with Gasteiger partial charge in [-0.2, -0.15) is 0 Å². The average Bonchev–Trinajstić information content (AvgIpc) is 2.37. The molecular weight excluding hydrogens is 166 g/mol. The summed E-state index contributed by atoms with van der Waals surface area (Å²) in [5.74, 6) is 0. The van der Waals surface area contributed by atoms with Crippen molar-refractivity contribution in [2.45, 2.75) is 19.9 Å². The number of aryl methyl sites for hydroxylation is 1. The fourth-order valence-corrected chi connectivity index (χ4v) is 2.04. The second-order valence-electron chi connectivity index (χ2n) is 3.06. The van der Waals surface area contributed by atoms with Crippen LogP contribution in [0, 0.1) is 6.92 Å². The third-order valence-corrected chi connectivity index (χ3v) is 2.75. The summed E-state index contributed by atoms with van der Waals surface area (Å²) in [5, 5.41) is 5.42. The second kappa shape index (κ2) is 3.87. The number of thiophene rings is 1.